The van der Waals surface area contributed by atoms with Gasteiger partial charge in [-0.05, 0) is 12.8 Å². The van der Waals surface area contributed by atoms with Gasteiger partial charge in [0.15, 0.2) is 24.5 Å². The summed E-state index contributed by atoms with van der Waals surface area (Å²) in [7, 11) is 0. The van der Waals surface area contributed by atoms with Gasteiger partial charge in [0.1, 0.15) is 5.60 Å². The van der Waals surface area contributed by atoms with Crippen molar-refractivity contribution in [1.82, 2.24) is 0 Å². The van der Waals surface area contributed by atoms with Gasteiger partial charge in [0.05, 0.1) is 18.6 Å². The molecule has 7 nitrogen and oxygen atoms in total. The van der Waals surface area contributed by atoms with E-state index in [0.717, 1.165) is 12.8 Å². The summed E-state index contributed by atoms with van der Waals surface area (Å²) in [6.07, 6.45) is 0.195. The van der Waals surface area contributed by atoms with Gasteiger partial charge in [-0.15, -0.1) is 0 Å². The lowest BCUT2D eigenvalue weighted by molar-refractivity contribution is -0.374. The quantitative estimate of drug-likeness (QED) is 0.713. The molecule has 0 radical (unpaired) electrons. The van der Waals surface area contributed by atoms with Crippen molar-refractivity contribution < 1.29 is 33.6 Å². The van der Waals surface area contributed by atoms with Crippen LogP contribution < -0.4 is 0 Å². The van der Waals surface area contributed by atoms with Crippen LogP contribution in [0.3, 0.4) is 0 Å². The van der Waals surface area contributed by atoms with Gasteiger partial charge in [0.2, 0.25) is 0 Å². The SMILES string of the molecule is CC(=O)O[C@H]1[C@H](O)O[C@H]2C[C@]3(C)C4(CCC[C@@]13O2)OCCO4. The van der Waals surface area contributed by atoms with Crippen molar-refractivity contribution in [2.24, 2.45) is 5.41 Å². The molecule has 3 saturated heterocycles. The third-order valence-electron chi connectivity index (χ3n) is 5.80. The minimum atomic E-state index is -1.19. The lowest BCUT2D eigenvalue weighted by atomic mass is 9.58. The first-order valence-corrected chi connectivity index (χ1v) is 7.89. The predicted octanol–water partition coefficient (Wildman–Crippen LogP) is 0.685. The first-order chi connectivity index (χ1) is 10.4. The van der Waals surface area contributed by atoms with E-state index < -0.39 is 41.5 Å². The van der Waals surface area contributed by atoms with Gasteiger partial charge in [-0.25, -0.2) is 0 Å². The second kappa shape index (κ2) is 4.64. The molecule has 4 aliphatic rings. The Morgan fingerprint density at radius 1 is 1.27 bits per heavy atom. The minimum Gasteiger partial charge on any atom is -0.454 e. The van der Waals surface area contributed by atoms with Crippen LogP contribution in [-0.2, 0) is 28.5 Å². The van der Waals surface area contributed by atoms with Gasteiger partial charge >= 0.3 is 5.97 Å². The zero-order valence-corrected chi connectivity index (χ0v) is 12.9. The Hall–Kier alpha value is -0.730. The van der Waals surface area contributed by atoms with E-state index in [1.54, 1.807) is 0 Å². The van der Waals surface area contributed by atoms with Gasteiger partial charge < -0.3 is 28.8 Å². The Labute approximate surface area is 128 Å². The Morgan fingerprint density at radius 3 is 2.68 bits per heavy atom. The fourth-order valence-electron chi connectivity index (χ4n) is 4.89. The van der Waals surface area contributed by atoms with Crippen LogP contribution in [0.2, 0.25) is 0 Å². The molecule has 7 heteroatoms. The summed E-state index contributed by atoms with van der Waals surface area (Å²) in [5.74, 6) is -1.22. The average Bonchev–Trinajstić information content (AvgIpc) is 2.99. The van der Waals surface area contributed by atoms with Crippen molar-refractivity contribution in [2.75, 3.05) is 13.2 Å². The maximum Gasteiger partial charge on any atom is 0.303 e. The first kappa shape index (κ1) is 14.8. The highest BCUT2D eigenvalue weighted by molar-refractivity contribution is 5.66. The zero-order chi connectivity index (χ0) is 15.6. The first-order valence-electron chi connectivity index (χ1n) is 7.89. The minimum absolute atomic E-state index is 0.466. The fourth-order valence-corrected chi connectivity index (χ4v) is 4.89. The summed E-state index contributed by atoms with van der Waals surface area (Å²) < 4.78 is 29.1. The number of carbonyl (C=O) groups is 1. The van der Waals surface area contributed by atoms with Gasteiger partial charge in [0, 0.05) is 19.8 Å². The lowest BCUT2D eigenvalue weighted by Gasteiger charge is -2.57. The van der Waals surface area contributed by atoms with Gasteiger partial charge in [-0.2, -0.15) is 0 Å². The molecule has 4 rings (SSSR count). The number of aliphatic hydroxyl groups excluding tert-OH is 1. The van der Waals surface area contributed by atoms with E-state index in [0.29, 0.717) is 26.1 Å². The summed E-state index contributed by atoms with van der Waals surface area (Å²) in [6.45, 7) is 4.44. The van der Waals surface area contributed by atoms with Crippen LogP contribution in [0.15, 0.2) is 0 Å². The number of carbonyl (C=O) groups excluding carboxylic acids is 1. The third-order valence-corrected chi connectivity index (χ3v) is 5.80. The molecule has 2 spiro atoms. The number of ether oxygens (including phenoxy) is 5. The summed E-state index contributed by atoms with van der Waals surface area (Å²) in [6, 6.07) is 0. The van der Waals surface area contributed by atoms with Gasteiger partial charge in [-0.1, -0.05) is 6.92 Å². The van der Waals surface area contributed by atoms with E-state index in [1.807, 2.05) is 6.92 Å². The predicted molar refractivity (Wildman–Crippen MR) is 71.5 cm³/mol. The molecule has 22 heavy (non-hydrogen) atoms. The van der Waals surface area contributed by atoms with Crippen LogP contribution in [0.25, 0.3) is 0 Å². The molecular weight excluding hydrogens is 292 g/mol. The van der Waals surface area contributed by atoms with Crippen LogP contribution in [0.5, 0.6) is 0 Å². The van der Waals surface area contributed by atoms with Crippen molar-refractivity contribution in [3.63, 3.8) is 0 Å². The second-order valence-corrected chi connectivity index (χ2v) is 6.83. The number of hydrogen-bond acceptors (Lipinski definition) is 7. The maximum absolute atomic E-state index is 11.5. The number of fused-ring (bicyclic) bond motifs is 2. The van der Waals surface area contributed by atoms with Gasteiger partial charge in [0.25, 0.3) is 0 Å². The van der Waals surface area contributed by atoms with Gasteiger partial charge in [-0.3, -0.25) is 4.79 Å². The zero-order valence-electron chi connectivity index (χ0n) is 12.9. The Bertz CT molecular complexity index is 488. The molecule has 3 aliphatic heterocycles. The summed E-state index contributed by atoms with van der Waals surface area (Å²) in [5, 5.41) is 10.3. The highest BCUT2D eigenvalue weighted by Gasteiger charge is 2.76. The van der Waals surface area contributed by atoms with E-state index >= 15 is 0 Å². The average molecular weight is 314 g/mol. The molecule has 0 aromatic heterocycles. The van der Waals surface area contributed by atoms with Crippen molar-refractivity contribution >= 4 is 5.97 Å². The monoisotopic (exact) mass is 314 g/mol. The Morgan fingerprint density at radius 2 is 2.00 bits per heavy atom. The van der Waals surface area contributed by atoms with Crippen molar-refractivity contribution in [3.05, 3.63) is 0 Å². The summed E-state index contributed by atoms with van der Waals surface area (Å²) in [5.41, 5.74) is -1.39. The fraction of sp³-hybridized carbons (Fsp3) is 0.933. The molecule has 3 heterocycles. The molecule has 1 N–H and O–H groups in total. The molecule has 0 amide bonds. The van der Waals surface area contributed by atoms with Crippen molar-refractivity contribution in [2.45, 2.75) is 69.6 Å². The molecule has 1 aliphatic carbocycles. The van der Waals surface area contributed by atoms with Crippen LogP contribution in [0.1, 0.15) is 39.5 Å². The third kappa shape index (κ3) is 1.66. The highest BCUT2D eigenvalue weighted by atomic mass is 16.8. The van der Waals surface area contributed by atoms with E-state index in [2.05, 4.69) is 0 Å². The van der Waals surface area contributed by atoms with Crippen molar-refractivity contribution in [3.8, 4) is 0 Å². The lowest BCUT2D eigenvalue weighted by Crippen LogP contribution is -2.69. The molecule has 5 atom stereocenters. The molecule has 0 aromatic rings. The molecule has 2 bridgehead atoms. The van der Waals surface area contributed by atoms with E-state index in [9.17, 15) is 9.90 Å². The van der Waals surface area contributed by atoms with Crippen LogP contribution in [0.4, 0.5) is 0 Å². The summed E-state index contributed by atoms with van der Waals surface area (Å²) >= 11 is 0. The number of rotatable bonds is 1. The molecule has 0 unspecified atom stereocenters. The second-order valence-electron chi connectivity index (χ2n) is 6.83. The summed E-state index contributed by atoms with van der Waals surface area (Å²) in [4.78, 5) is 11.5. The Balaban J connectivity index is 1.80. The van der Waals surface area contributed by atoms with Crippen molar-refractivity contribution in [1.29, 1.82) is 0 Å². The number of esters is 1. The van der Waals surface area contributed by atoms with E-state index in [-0.39, 0.29) is 0 Å². The standard InChI is InChI=1S/C15H22O7/c1-9(16)20-11-12(17)21-10-8-13(2)14(11,22-10)4-3-5-15(13)18-6-7-19-15/h10-12,17H,3-8H2,1-2H3/t10-,11+,12-,13+,14-/m1/s1. The molecule has 124 valence electrons. The highest BCUT2D eigenvalue weighted by Crippen LogP contribution is 2.65. The molecule has 4 fully saturated rings. The normalized spacial score (nSPS) is 49.1. The van der Waals surface area contributed by atoms with Crippen LogP contribution in [0, 0.1) is 5.41 Å². The number of aliphatic hydroxyl groups is 1. The van der Waals surface area contributed by atoms with E-state index in [1.165, 1.54) is 6.92 Å². The molecule has 0 aromatic carbocycles. The smallest absolute Gasteiger partial charge is 0.303 e. The molecular formula is C15H22O7. The maximum atomic E-state index is 11.5. The van der Waals surface area contributed by atoms with Crippen LogP contribution in [-0.4, -0.2) is 54.4 Å². The van der Waals surface area contributed by atoms with Crippen LogP contribution >= 0.6 is 0 Å². The molecule has 1 saturated carbocycles. The van der Waals surface area contributed by atoms with E-state index in [4.69, 9.17) is 23.7 Å². The largest absolute Gasteiger partial charge is 0.454 e. The topological polar surface area (TPSA) is 83.5 Å². The Kier molecular flexibility index (Phi) is 3.13. The number of hydrogen-bond donors (Lipinski definition) is 1.